The molecule has 0 saturated heterocycles. The number of thioether (sulfide) groups is 1. The normalized spacial score (nSPS) is 12.0. The fourth-order valence-corrected chi connectivity index (χ4v) is 4.19. The Morgan fingerprint density at radius 2 is 1.91 bits per heavy atom. The Hall–Kier alpha value is -2.95. The summed E-state index contributed by atoms with van der Waals surface area (Å²) in [6, 6.07) is 9.87. The molecule has 33 heavy (non-hydrogen) atoms. The van der Waals surface area contributed by atoms with Crippen LogP contribution in [0, 0.1) is 0 Å². The highest BCUT2D eigenvalue weighted by Crippen LogP contribution is 2.32. The average Bonchev–Trinajstić information content (AvgIpc) is 3.44. The van der Waals surface area contributed by atoms with Crippen molar-refractivity contribution in [3.8, 4) is 11.5 Å². The molecule has 0 fully saturated rings. The number of nitrogens with one attached hydrogen (secondary N) is 2. The first kappa shape index (κ1) is 23.2. The van der Waals surface area contributed by atoms with Crippen LogP contribution in [0.2, 0.25) is 10.0 Å². The van der Waals surface area contributed by atoms with Crippen molar-refractivity contribution >= 4 is 52.5 Å². The van der Waals surface area contributed by atoms with E-state index in [1.54, 1.807) is 36.4 Å². The molecule has 0 atom stereocenters. The van der Waals surface area contributed by atoms with Crippen molar-refractivity contribution in [3.05, 3.63) is 57.8 Å². The van der Waals surface area contributed by atoms with Gasteiger partial charge < -0.3 is 24.7 Å². The Kier molecular flexibility index (Phi) is 7.26. The van der Waals surface area contributed by atoms with Gasteiger partial charge in [-0.05, 0) is 43.3 Å². The average molecular weight is 508 g/mol. The van der Waals surface area contributed by atoms with E-state index in [1.807, 2.05) is 11.5 Å². The fourth-order valence-electron chi connectivity index (χ4n) is 3.07. The van der Waals surface area contributed by atoms with Gasteiger partial charge in [-0.2, -0.15) is 0 Å². The molecule has 2 amide bonds. The van der Waals surface area contributed by atoms with E-state index in [0.717, 1.165) is 0 Å². The lowest BCUT2D eigenvalue weighted by Gasteiger charge is -2.09. The van der Waals surface area contributed by atoms with Gasteiger partial charge in [0.2, 0.25) is 12.7 Å². The highest BCUT2D eigenvalue weighted by molar-refractivity contribution is 7.99. The van der Waals surface area contributed by atoms with Crippen LogP contribution in [0.15, 0.2) is 41.6 Å². The van der Waals surface area contributed by atoms with Crippen molar-refractivity contribution in [1.82, 2.24) is 20.1 Å². The van der Waals surface area contributed by atoms with Gasteiger partial charge in [0, 0.05) is 17.8 Å². The van der Waals surface area contributed by atoms with Crippen LogP contribution in [0.25, 0.3) is 0 Å². The molecule has 1 aromatic heterocycles. The molecular weight excluding hydrogens is 489 g/mol. The van der Waals surface area contributed by atoms with Gasteiger partial charge in [-0.15, -0.1) is 10.2 Å². The van der Waals surface area contributed by atoms with Crippen LogP contribution in [0.5, 0.6) is 11.5 Å². The summed E-state index contributed by atoms with van der Waals surface area (Å²) in [5.74, 6) is 1.37. The van der Waals surface area contributed by atoms with Crippen molar-refractivity contribution in [2.24, 2.45) is 0 Å². The van der Waals surface area contributed by atoms with Gasteiger partial charge in [0.1, 0.15) is 0 Å². The van der Waals surface area contributed by atoms with E-state index in [4.69, 9.17) is 32.7 Å². The third kappa shape index (κ3) is 5.52. The smallest absolute Gasteiger partial charge is 0.251 e. The molecule has 9 nitrogen and oxygen atoms in total. The number of benzene rings is 2. The molecule has 2 heterocycles. The molecular formula is C21H19Cl2N5O4S. The second-order valence-electron chi connectivity index (χ2n) is 6.86. The number of halogens is 2. The molecule has 1 aliphatic rings. The highest BCUT2D eigenvalue weighted by atomic mass is 35.5. The third-order valence-corrected chi connectivity index (χ3v) is 6.39. The number of aromatic nitrogens is 3. The Morgan fingerprint density at radius 1 is 1.09 bits per heavy atom. The SMILES string of the molecule is CCn1c(CNC(=O)c2ccc3c(c2)OCO3)nnc1SCC(=O)Nc1ccc(Cl)c(Cl)c1. The van der Waals surface area contributed by atoms with Crippen molar-refractivity contribution < 1.29 is 19.1 Å². The molecule has 172 valence electrons. The highest BCUT2D eigenvalue weighted by Gasteiger charge is 2.18. The van der Waals surface area contributed by atoms with Gasteiger partial charge in [0.15, 0.2) is 22.5 Å². The summed E-state index contributed by atoms with van der Waals surface area (Å²) in [6.45, 7) is 2.85. The summed E-state index contributed by atoms with van der Waals surface area (Å²) < 4.78 is 12.4. The van der Waals surface area contributed by atoms with E-state index in [2.05, 4.69) is 20.8 Å². The predicted octanol–water partition coefficient (Wildman–Crippen LogP) is 3.99. The molecule has 0 radical (unpaired) electrons. The van der Waals surface area contributed by atoms with Crippen molar-refractivity contribution in [1.29, 1.82) is 0 Å². The molecule has 4 rings (SSSR count). The number of amides is 2. The number of fused-ring (bicyclic) bond motifs is 1. The Balaban J connectivity index is 1.33. The molecule has 0 saturated carbocycles. The summed E-state index contributed by atoms with van der Waals surface area (Å²) in [7, 11) is 0. The third-order valence-electron chi connectivity index (χ3n) is 4.69. The van der Waals surface area contributed by atoms with Crippen molar-refractivity contribution in [3.63, 3.8) is 0 Å². The van der Waals surface area contributed by atoms with Crippen molar-refractivity contribution in [2.45, 2.75) is 25.2 Å². The van der Waals surface area contributed by atoms with Crippen LogP contribution in [0.1, 0.15) is 23.1 Å². The Morgan fingerprint density at radius 3 is 2.70 bits per heavy atom. The maximum atomic E-state index is 12.5. The van der Waals surface area contributed by atoms with E-state index in [9.17, 15) is 9.59 Å². The van der Waals surface area contributed by atoms with Crippen LogP contribution in [-0.4, -0.2) is 39.1 Å². The minimum Gasteiger partial charge on any atom is -0.454 e. The van der Waals surface area contributed by atoms with Crippen molar-refractivity contribution in [2.75, 3.05) is 17.9 Å². The van der Waals surface area contributed by atoms with E-state index >= 15 is 0 Å². The first-order valence-corrected chi connectivity index (χ1v) is 11.7. The number of rotatable bonds is 8. The molecule has 0 spiro atoms. The number of hydrogen-bond donors (Lipinski definition) is 2. The lowest BCUT2D eigenvalue weighted by Crippen LogP contribution is -2.24. The second kappa shape index (κ2) is 10.3. The van der Waals surface area contributed by atoms with E-state index in [1.165, 1.54) is 11.8 Å². The summed E-state index contributed by atoms with van der Waals surface area (Å²) in [5.41, 5.74) is 1.01. The monoisotopic (exact) mass is 507 g/mol. The molecule has 0 unspecified atom stereocenters. The van der Waals surface area contributed by atoms with Crippen LogP contribution in [0.3, 0.4) is 0 Å². The number of nitrogens with zero attached hydrogens (tertiary/aromatic N) is 3. The predicted molar refractivity (Wildman–Crippen MR) is 125 cm³/mol. The molecule has 3 aromatic rings. The summed E-state index contributed by atoms with van der Waals surface area (Å²) in [4.78, 5) is 24.8. The first-order chi connectivity index (χ1) is 15.9. The Labute approximate surface area is 203 Å². The van der Waals surface area contributed by atoms with E-state index in [0.29, 0.717) is 50.3 Å². The standard InChI is InChI=1S/C21H19Cl2N5O4S/c1-2-28-18(9-24-20(30)12-3-6-16-17(7-12)32-11-31-16)26-27-21(28)33-10-19(29)25-13-4-5-14(22)15(23)8-13/h3-8H,2,9-11H2,1H3,(H,24,30)(H,25,29). The minimum absolute atomic E-state index is 0.127. The zero-order valence-electron chi connectivity index (χ0n) is 17.4. The van der Waals surface area contributed by atoms with Crippen LogP contribution >= 0.6 is 35.0 Å². The molecule has 2 N–H and O–H groups in total. The topological polar surface area (TPSA) is 107 Å². The fraction of sp³-hybridized carbons (Fsp3) is 0.238. The minimum atomic E-state index is -0.269. The number of anilines is 1. The summed E-state index contributed by atoms with van der Waals surface area (Å²) in [6.07, 6.45) is 0. The lowest BCUT2D eigenvalue weighted by molar-refractivity contribution is -0.113. The zero-order valence-corrected chi connectivity index (χ0v) is 19.8. The van der Waals surface area contributed by atoms with E-state index < -0.39 is 0 Å². The first-order valence-electron chi connectivity index (χ1n) is 9.92. The maximum absolute atomic E-state index is 12.5. The number of carbonyl (C=O) groups is 2. The quantitative estimate of drug-likeness (QED) is 0.443. The summed E-state index contributed by atoms with van der Waals surface area (Å²) in [5, 5.41) is 15.3. The van der Waals surface area contributed by atoms with Gasteiger partial charge in [0.25, 0.3) is 5.91 Å². The molecule has 1 aliphatic heterocycles. The van der Waals surface area contributed by atoms with Gasteiger partial charge >= 0.3 is 0 Å². The van der Waals surface area contributed by atoms with Gasteiger partial charge in [-0.3, -0.25) is 9.59 Å². The van der Waals surface area contributed by atoms with Gasteiger partial charge in [-0.25, -0.2) is 0 Å². The van der Waals surface area contributed by atoms with Gasteiger partial charge in [-0.1, -0.05) is 35.0 Å². The lowest BCUT2D eigenvalue weighted by atomic mass is 10.2. The van der Waals surface area contributed by atoms with Crippen LogP contribution in [-0.2, 0) is 17.9 Å². The molecule has 12 heteroatoms. The summed E-state index contributed by atoms with van der Waals surface area (Å²) >= 11 is 13.1. The molecule has 0 aliphatic carbocycles. The van der Waals surface area contributed by atoms with Crippen LogP contribution < -0.4 is 20.1 Å². The van der Waals surface area contributed by atoms with E-state index in [-0.39, 0.29) is 30.9 Å². The number of ether oxygens (including phenoxy) is 2. The van der Waals surface area contributed by atoms with Crippen LogP contribution in [0.4, 0.5) is 5.69 Å². The second-order valence-corrected chi connectivity index (χ2v) is 8.62. The number of carbonyl (C=O) groups excluding carboxylic acids is 2. The zero-order chi connectivity index (χ0) is 23.4. The molecule has 0 bridgehead atoms. The maximum Gasteiger partial charge on any atom is 0.251 e. The Bertz CT molecular complexity index is 1200. The largest absolute Gasteiger partial charge is 0.454 e. The number of hydrogen-bond acceptors (Lipinski definition) is 7. The van der Waals surface area contributed by atoms with Gasteiger partial charge in [0.05, 0.1) is 22.3 Å². The molecule has 2 aromatic carbocycles.